The van der Waals surface area contributed by atoms with Gasteiger partial charge in [-0.2, -0.15) is 0 Å². The molecular weight excluding hydrogens is 438 g/mol. The lowest BCUT2D eigenvalue weighted by Gasteiger charge is -2.35. The van der Waals surface area contributed by atoms with E-state index < -0.39 is 6.04 Å². The predicted octanol–water partition coefficient (Wildman–Crippen LogP) is 3.62. The predicted molar refractivity (Wildman–Crippen MR) is 126 cm³/mol. The third-order valence-electron chi connectivity index (χ3n) is 5.93. The molecule has 0 saturated carbocycles. The minimum Gasteiger partial charge on any atom is -0.467 e. The topological polar surface area (TPSA) is 91.7 Å². The Hall–Kier alpha value is -3.39. The molecule has 0 aliphatic carbocycles. The Morgan fingerprint density at radius 3 is 2.48 bits per heavy atom. The average Bonchev–Trinajstić information content (AvgIpc) is 3.56. The van der Waals surface area contributed by atoms with Crippen molar-refractivity contribution in [1.82, 2.24) is 15.5 Å². The minimum atomic E-state index is -0.701. The van der Waals surface area contributed by atoms with Crippen molar-refractivity contribution in [2.45, 2.75) is 32.4 Å². The van der Waals surface area contributed by atoms with Gasteiger partial charge in [0.05, 0.1) is 17.7 Å². The first kappa shape index (κ1) is 22.8. The molecule has 3 heterocycles. The molecule has 8 heteroatoms. The standard InChI is InChI=1S/C25H27N3O4S/c1-17-6-8-19(9-7-17)23(29)27-22(24(30)26-16-20-4-2-14-32-20)18-10-12-28(13-11-18)25(31)21-5-3-15-33-21/h2-9,14-15,18,22H,10-13,16H2,1H3,(H,26,30)(H,27,29)/t22-/m1/s1. The molecule has 1 atom stereocenters. The van der Waals surface area contributed by atoms with Crippen molar-refractivity contribution in [1.29, 1.82) is 0 Å². The van der Waals surface area contributed by atoms with Crippen LogP contribution in [0.15, 0.2) is 64.6 Å². The van der Waals surface area contributed by atoms with E-state index in [-0.39, 0.29) is 30.2 Å². The largest absolute Gasteiger partial charge is 0.467 e. The molecule has 0 unspecified atom stereocenters. The number of benzene rings is 1. The van der Waals surface area contributed by atoms with Crippen molar-refractivity contribution in [2.75, 3.05) is 13.1 Å². The molecule has 7 nitrogen and oxygen atoms in total. The van der Waals surface area contributed by atoms with Gasteiger partial charge in [0.15, 0.2) is 0 Å². The molecule has 1 aliphatic rings. The van der Waals surface area contributed by atoms with E-state index in [4.69, 9.17) is 4.42 Å². The molecule has 2 aromatic heterocycles. The maximum atomic E-state index is 13.1. The van der Waals surface area contributed by atoms with Gasteiger partial charge in [-0.15, -0.1) is 11.3 Å². The molecule has 33 heavy (non-hydrogen) atoms. The quantitative estimate of drug-likeness (QED) is 0.558. The van der Waals surface area contributed by atoms with Gasteiger partial charge in [-0.05, 0) is 61.4 Å². The van der Waals surface area contributed by atoms with Gasteiger partial charge in [0, 0.05) is 18.7 Å². The molecule has 3 amide bonds. The number of thiophene rings is 1. The molecule has 2 N–H and O–H groups in total. The lowest BCUT2D eigenvalue weighted by molar-refractivity contribution is -0.124. The molecule has 1 saturated heterocycles. The van der Waals surface area contributed by atoms with E-state index in [1.54, 1.807) is 30.5 Å². The van der Waals surface area contributed by atoms with Crippen LogP contribution >= 0.6 is 11.3 Å². The summed E-state index contributed by atoms with van der Waals surface area (Å²) in [4.78, 5) is 41.2. The maximum absolute atomic E-state index is 13.1. The highest BCUT2D eigenvalue weighted by atomic mass is 32.1. The van der Waals surface area contributed by atoms with E-state index in [0.29, 0.717) is 42.1 Å². The highest BCUT2D eigenvalue weighted by Crippen LogP contribution is 2.24. The summed E-state index contributed by atoms with van der Waals surface area (Å²) >= 11 is 1.43. The lowest BCUT2D eigenvalue weighted by atomic mass is 9.88. The van der Waals surface area contributed by atoms with Gasteiger partial charge in [0.2, 0.25) is 5.91 Å². The van der Waals surface area contributed by atoms with E-state index in [9.17, 15) is 14.4 Å². The molecule has 1 fully saturated rings. The van der Waals surface area contributed by atoms with Crippen molar-refractivity contribution in [3.05, 3.63) is 81.9 Å². The van der Waals surface area contributed by atoms with Crippen LogP contribution in [0.4, 0.5) is 0 Å². The van der Waals surface area contributed by atoms with Crippen LogP contribution in [0, 0.1) is 12.8 Å². The van der Waals surface area contributed by atoms with Gasteiger partial charge in [-0.3, -0.25) is 14.4 Å². The third-order valence-corrected chi connectivity index (χ3v) is 6.79. The molecule has 3 aromatic rings. The van der Waals surface area contributed by atoms with Crippen LogP contribution in [0.5, 0.6) is 0 Å². The first-order valence-electron chi connectivity index (χ1n) is 11.0. The third kappa shape index (κ3) is 5.70. The normalized spacial score (nSPS) is 15.1. The number of aryl methyl sites for hydroxylation is 1. The first-order valence-corrected chi connectivity index (χ1v) is 11.9. The van der Waals surface area contributed by atoms with E-state index in [2.05, 4.69) is 10.6 Å². The SMILES string of the molecule is Cc1ccc(C(=O)N[C@@H](C(=O)NCc2ccco2)C2CCN(C(=O)c3cccs3)CC2)cc1. The lowest BCUT2D eigenvalue weighted by Crippen LogP contribution is -2.53. The fourth-order valence-corrected chi connectivity index (χ4v) is 4.71. The van der Waals surface area contributed by atoms with Crippen LogP contribution in [0.2, 0.25) is 0 Å². The van der Waals surface area contributed by atoms with Gasteiger partial charge in [0.25, 0.3) is 11.8 Å². The van der Waals surface area contributed by atoms with Crippen molar-refractivity contribution < 1.29 is 18.8 Å². The number of likely N-dealkylation sites (tertiary alicyclic amines) is 1. The average molecular weight is 466 g/mol. The number of hydrogen-bond acceptors (Lipinski definition) is 5. The first-order chi connectivity index (χ1) is 16.0. The fourth-order valence-electron chi connectivity index (χ4n) is 4.02. The van der Waals surface area contributed by atoms with Gasteiger partial charge in [-0.25, -0.2) is 0 Å². The van der Waals surface area contributed by atoms with Crippen molar-refractivity contribution >= 4 is 29.1 Å². The molecular formula is C25H27N3O4S. The number of piperidine rings is 1. The fraction of sp³-hybridized carbons (Fsp3) is 0.320. The zero-order chi connectivity index (χ0) is 23.2. The summed E-state index contributed by atoms with van der Waals surface area (Å²) in [5, 5.41) is 7.71. The second-order valence-corrected chi connectivity index (χ2v) is 9.17. The number of carbonyl (C=O) groups excluding carboxylic acids is 3. The molecule has 1 aliphatic heterocycles. The highest BCUT2D eigenvalue weighted by molar-refractivity contribution is 7.12. The van der Waals surface area contributed by atoms with Crippen molar-refractivity contribution in [3.63, 3.8) is 0 Å². The number of carbonyl (C=O) groups is 3. The number of amides is 3. The van der Waals surface area contributed by atoms with Gasteiger partial charge < -0.3 is 20.0 Å². The Morgan fingerprint density at radius 1 is 1.09 bits per heavy atom. The van der Waals surface area contributed by atoms with Gasteiger partial charge in [-0.1, -0.05) is 23.8 Å². The van der Waals surface area contributed by atoms with Crippen LogP contribution in [-0.2, 0) is 11.3 Å². The summed E-state index contributed by atoms with van der Waals surface area (Å²) in [6.07, 6.45) is 2.81. The van der Waals surface area contributed by atoms with E-state index in [1.807, 2.05) is 41.5 Å². The Balaban J connectivity index is 1.43. The van der Waals surface area contributed by atoms with Crippen LogP contribution in [0.25, 0.3) is 0 Å². The summed E-state index contributed by atoms with van der Waals surface area (Å²) in [5.41, 5.74) is 1.57. The highest BCUT2D eigenvalue weighted by Gasteiger charge is 2.34. The number of furan rings is 1. The summed E-state index contributed by atoms with van der Waals surface area (Å²) in [5.74, 6) is 0.0396. The molecule has 0 bridgehead atoms. The second kappa shape index (κ2) is 10.5. The maximum Gasteiger partial charge on any atom is 0.263 e. The van der Waals surface area contributed by atoms with Crippen LogP contribution < -0.4 is 10.6 Å². The summed E-state index contributed by atoms with van der Waals surface area (Å²) in [6, 6.07) is 13.8. The van der Waals surface area contributed by atoms with Gasteiger partial charge >= 0.3 is 0 Å². The number of hydrogen-bond donors (Lipinski definition) is 2. The number of nitrogens with zero attached hydrogens (tertiary/aromatic N) is 1. The molecule has 1 aromatic carbocycles. The molecule has 4 rings (SSSR count). The number of nitrogens with one attached hydrogen (secondary N) is 2. The van der Waals surface area contributed by atoms with E-state index in [0.717, 1.165) is 5.56 Å². The Morgan fingerprint density at radius 2 is 1.85 bits per heavy atom. The molecule has 0 spiro atoms. The Kier molecular flexibility index (Phi) is 7.24. The van der Waals surface area contributed by atoms with Crippen LogP contribution in [0.1, 0.15) is 44.2 Å². The van der Waals surface area contributed by atoms with Crippen molar-refractivity contribution in [3.8, 4) is 0 Å². The second-order valence-electron chi connectivity index (χ2n) is 8.22. The Bertz CT molecular complexity index is 1070. The zero-order valence-electron chi connectivity index (χ0n) is 18.5. The smallest absolute Gasteiger partial charge is 0.263 e. The summed E-state index contributed by atoms with van der Waals surface area (Å²) in [7, 11) is 0. The van der Waals surface area contributed by atoms with E-state index >= 15 is 0 Å². The van der Waals surface area contributed by atoms with Crippen LogP contribution in [0.3, 0.4) is 0 Å². The zero-order valence-corrected chi connectivity index (χ0v) is 19.3. The Labute approximate surface area is 196 Å². The molecule has 0 radical (unpaired) electrons. The van der Waals surface area contributed by atoms with Crippen LogP contribution in [-0.4, -0.2) is 41.8 Å². The number of rotatable bonds is 7. The van der Waals surface area contributed by atoms with Crippen molar-refractivity contribution in [2.24, 2.45) is 5.92 Å². The summed E-state index contributed by atoms with van der Waals surface area (Å²) in [6.45, 7) is 3.30. The van der Waals surface area contributed by atoms with E-state index in [1.165, 1.54) is 11.3 Å². The summed E-state index contributed by atoms with van der Waals surface area (Å²) < 4.78 is 5.30. The molecule has 172 valence electrons. The van der Waals surface area contributed by atoms with Gasteiger partial charge in [0.1, 0.15) is 11.8 Å². The minimum absolute atomic E-state index is 0.0194. The monoisotopic (exact) mass is 465 g/mol.